The van der Waals surface area contributed by atoms with Crippen LogP contribution in [0.15, 0.2) is 30.3 Å². The van der Waals surface area contributed by atoms with Gasteiger partial charge in [-0.1, -0.05) is 6.07 Å². The Bertz CT molecular complexity index is 1430. The van der Waals surface area contributed by atoms with Gasteiger partial charge >= 0.3 is 0 Å². The normalized spacial score (nSPS) is 13.6. The Morgan fingerprint density at radius 2 is 1.89 bits per heavy atom. The number of benzene rings is 2. The first-order valence-electron chi connectivity index (χ1n) is 12.9. The van der Waals surface area contributed by atoms with Crippen molar-refractivity contribution in [1.82, 2.24) is 24.8 Å². The number of H-pyrrole nitrogens is 1. The van der Waals surface area contributed by atoms with Gasteiger partial charge in [0.2, 0.25) is 0 Å². The van der Waals surface area contributed by atoms with Crippen LogP contribution in [0, 0.1) is 20.8 Å². The summed E-state index contributed by atoms with van der Waals surface area (Å²) >= 11 is 0. The largest absolute Gasteiger partial charge is 0.491 e. The fraction of sp³-hybridized carbons (Fsp3) is 0.414. The van der Waals surface area contributed by atoms with Crippen LogP contribution in [-0.4, -0.2) is 58.8 Å². The predicted molar refractivity (Wildman–Crippen MR) is 146 cm³/mol. The molecule has 1 N–H and O–H groups in total. The van der Waals surface area contributed by atoms with Gasteiger partial charge in [-0.25, -0.2) is 15.0 Å². The van der Waals surface area contributed by atoms with Crippen molar-refractivity contribution in [3.8, 4) is 16.9 Å². The molecule has 0 radical (unpaired) electrons. The molecular weight excluding hydrogens is 467 g/mol. The second kappa shape index (κ2) is 10.5. The Morgan fingerprint density at radius 1 is 1.05 bits per heavy atom. The van der Waals surface area contributed by atoms with Crippen molar-refractivity contribution in [2.75, 3.05) is 38.8 Å². The lowest BCUT2D eigenvalue weighted by molar-refractivity contribution is 0.329. The molecule has 0 amide bonds. The van der Waals surface area contributed by atoms with Crippen molar-refractivity contribution in [2.24, 2.45) is 0 Å². The van der Waals surface area contributed by atoms with Crippen molar-refractivity contribution < 1.29 is 9.13 Å². The van der Waals surface area contributed by atoms with Crippen LogP contribution < -0.4 is 9.64 Å². The lowest BCUT2D eigenvalue weighted by Gasteiger charge is -2.26. The van der Waals surface area contributed by atoms with E-state index in [-0.39, 0.29) is 6.67 Å². The second-order valence-corrected chi connectivity index (χ2v) is 10.2. The minimum Gasteiger partial charge on any atom is -0.491 e. The highest BCUT2D eigenvalue weighted by atomic mass is 19.1. The summed E-state index contributed by atoms with van der Waals surface area (Å²) in [6.45, 7) is 8.29. The molecule has 3 heterocycles. The zero-order valence-corrected chi connectivity index (χ0v) is 22.4. The SMILES string of the molecule is Cc1nc2cc(-c3cc(C)c4c(c3)CN(c3nc(CN(C)C)nc(C)c3CCCF)CCO4)ccc2[nH]1. The zero-order chi connectivity index (χ0) is 26.1. The smallest absolute Gasteiger partial charge is 0.144 e. The van der Waals surface area contributed by atoms with E-state index in [1.807, 2.05) is 27.9 Å². The second-order valence-electron chi connectivity index (χ2n) is 10.2. The molecule has 4 aromatic rings. The molecule has 1 aliphatic heterocycles. The highest BCUT2D eigenvalue weighted by molar-refractivity contribution is 5.82. The van der Waals surface area contributed by atoms with E-state index in [9.17, 15) is 4.39 Å². The van der Waals surface area contributed by atoms with E-state index in [4.69, 9.17) is 14.7 Å². The number of anilines is 1. The van der Waals surface area contributed by atoms with E-state index in [1.165, 1.54) is 0 Å². The van der Waals surface area contributed by atoms with Crippen LogP contribution in [0.1, 0.15) is 40.5 Å². The molecule has 7 nitrogen and oxygen atoms in total. The number of ether oxygens (including phenoxy) is 1. The van der Waals surface area contributed by atoms with Crippen LogP contribution >= 0.6 is 0 Å². The summed E-state index contributed by atoms with van der Waals surface area (Å²) in [6.07, 6.45) is 1.08. The standard InChI is InChI=1S/C29H35FN6O/c1-18-13-22(21-8-9-25-26(15-21)33-20(3)32-25)14-23-16-36(11-12-37-28(18)23)29-24(7-6-10-30)19(2)31-27(34-29)17-35(4)5/h8-9,13-15H,6-7,10-12,16-17H2,1-5H3,(H,32,33). The quantitative estimate of drug-likeness (QED) is 0.369. The molecule has 1 aliphatic rings. The summed E-state index contributed by atoms with van der Waals surface area (Å²) in [7, 11) is 4.02. The van der Waals surface area contributed by atoms with Crippen molar-refractivity contribution in [3.05, 3.63) is 64.4 Å². The molecule has 2 aromatic carbocycles. The average Bonchev–Trinajstić information content (AvgIpc) is 3.08. The molecule has 0 atom stereocenters. The van der Waals surface area contributed by atoms with Gasteiger partial charge in [0.25, 0.3) is 0 Å². The van der Waals surface area contributed by atoms with Gasteiger partial charge < -0.3 is 19.5 Å². The number of nitrogens with one attached hydrogen (secondary N) is 1. The number of halogens is 1. The number of nitrogens with zero attached hydrogens (tertiary/aromatic N) is 5. The van der Waals surface area contributed by atoms with Crippen molar-refractivity contribution >= 4 is 16.9 Å². The van der Waals surface area contributed by atoms with E-state index in [0.29, 0.717) is 39.1 Å². The summed E-state index contributed by atoms with van der Waals surface area (Å²) in [5.41, 5.74) is 8.43. The minimum absolute atomic E-state index is 0.354. The lowest BCUT2D eigenvalue weighted by atomic mass is 9.98. The summed E-state index contributed by atoms with van der Waals surface area (Å²) in [5, 5.41) is 0. The lowest BCUT2D eigenvalue weighted by Crippen LogP contribution is -2.29. The van der Waals surface area contributed by atoms with Gasteiger partial charge in [-0.15, -0.1) is 0 Å². The molecule has 0 unspecified atom stereocenters. The molecule has 0 spiro atoms. The van der Waals surface area contributed by atoms with E-state index >= 15 is 0 Å². The van der Waals surface area contributed by atoms with Crippen LogP contribution in [0.4, 0.5) is 10.2 Å². The van der Waals surface area contributed by atoms with E-state index in [0.717, 1.165) is 67.8 Å². The maximum atomic E-state index is 13.2. The van der Waals surface area contributed by atoms with E-state index < -0.39 is 0 Å². The van der Waals surface area contributed by atoms with E-state index in [1.54, 1.807) is 0 Å². The van der Waals surface area contributed by atoms with Crippen LogP contribution in [-0.2, 0) is 19.5 Å². The number of fused-ring (bicyclic) bond motifs is 2. The summed E-state index contributed by atoms with van der Waals surface area (Å²) in [4.78, 5) is 22.0. The first-order valence-corrected chi connectivity index (χ1v) is 12.9. The number of aryl methyl sites for hydroxylation is 3. The Balaban J connectivity index is 1.55. The number of alkyl halides is 1. The van der Waals surface area contributed by atoms with Crippen molar-refractivity contribution in [3.63, 3.8) is 0 Å². The molecule has 194 valence electrons. The Hall–Kier alpha value is -3.52. The molecule has 8 heteroatoms. The highest BCUT2D eigenvalue weighted by Gasteiger charge is 2.23. The average molecular weight is 503 g/mol. The molecule has 0 fully saturated rings. The molecule has 37 heavy (non-hydrogen) atoms. The van der Waals surface area contributed by atoms with Crippen LogP contribution in [0.25, 0.3) is 22.2 Å². The van der Waals surface area contributed by atoms with Gasteiger partial charge in [0.15, 0.2) is 0 Å². The van der Waals surface area contributed by atoms with Crippen LogP contribution in [0.2, 0.25) is 0 Å². The van der Waals surface area contributed by atoms with Gasteiger partial charge in [0, 0.05) is 23.4 Å². The van der Waals surface area contributed by atoms with Crippen molar-refractivity contribution in [1.29, 1.82) is 0 Å². The maximum Gasteiger partial charge on any atom is 0.144 e. The molecular formula is C29H35FN6O. The van der Waals surface area contributed by atoms with Crippen LogP contribution in [0.3, 0.4) is 0 Å². The number of aromatic nitrogens is 4. The Kier molecular flexibility index (Phi) is 7.11. The van der Waals surface area contributed by atoms with Crippen LogP contribution in [0.5, 0.6) is 5.75 Å². The van der Waals surface area contributed by atoms with Gasteiger partial charge in [-0.05, 0) is 88.7 Å². The number of rotatable bonds is 7. The fourth-order valence-electron chi connectivity index (χ4n) is 5.16. The Morgan fingerprint density at radius 3 is 2.68 bits per heavy atom. The molecule has 0 saturated heterocycles. The zero-order valence-electron chi connectivity index (χ0n) is 22.4. The highest BCUT2D eigenvalue weighted by Crippen LogP contribution is 2.35. The first-order chi connectivity index (χ1) is 17.8. The molecule has 2 aromatic heterocycles. The summed E-state index contributed by atoms with van der Waals surface area (Å²) in [6, 6.07) is 10.8. The summed E-state index contributed by atoms with van der Waals surface area (Å²) in [5.74, 6) is 3.52. The third-order valence-corrected chi connectivity index (χ3v) is 6.81. The molecule has 0 bridgehead atoms. The Labute approximate surface area is 217 Å². The van der Waals surface area contributed by atoms with Gasteiger partial charge in [0.1, 0.15) is 29.8 Å². The molecule has 5 rings (SSSR count). The number of aromatic amines is 1. The third-order valence-electron chi connectivity index (χ3n) is 6.81. The van der Waals surface area contributed by atoms with Gasteiger partial charge in [-0.3, -0.25) is 4.39 Å². The fourth-order valence-corrected chi connectivity index (χ4v) is 5.16. The van der Waals surface area contributed by atoms with E-state index in [2.05, 4.69) is 57.0 Å². The number of hydrogen-bond acceptors (Lipinski definition) is 6. The first kappa shape index (κ1) is 25.1. The minimum atomic E-state index is -0.354. The predicted octanol–water partition coefficient (Wildman–Crippen LogP) is 5.31. The van der Waals surface area contributed by atoms with Crippen molar-refractivity contribution in [2.45, 2.75) is 46.7 Å². The number of imidazole rings is 1. The topological polar surface area (TPSA) is 70.2 Å². The van der Waals surface area contributed by atoms with Gasteiger partial charge in [-0.2, -0.15) is 0 Å². The monoisotopic (exact) mass is 502 g/mol. The maximum absolute atomic E-state index is 13.2. The summed E-state index contributed by atoms with van der Waals surface area (Å²) < 4.78 is 19.4. The third kappa shape index (κ3) is 5.30. The molecule has 0 aliphatic carbocycles. The number of hydrogen-bond donors (Lipinski definition) is 1. The van der Waals surface area contributed by atoms with Gasteiger partial charge in [0.05, 0.1) is 30.8 Å². The molecule has 0 saturated carbocycles.